The average molecular weight is 426 g/mol. The lowest BCUT2D eigenvalue weighted by Gasteiger charge is -2.26. The zero-order chi connectivity index (χ0) is 22.2. The van der Waals surface area contributed by atoms with Crippen LogP contribution in [0.4, 0.5) is 0 Å². The molecule has 1 fully saturated rings. The number of hydrogen-bond acceptors (Lipinski definition) is 6. The molecule has 2 aromatic heterocycles. The number of aromatic nitrogens is 3. The lowest BCUT2D eigenvalue weighted by Crippen LogP contribution is -2.40. The Balaban J connectivity index is 1.64. The molecule has 0 atom stereocenters. The summed E-state index contributed by atoms with van der Waals surface area (Å²) in [6, 6.07) is 10.9. The molecule has 0 spiro atoms. The molecule has 5 rings (SSSR count). The third-order valence-corrected chi connectivity index (χ3v) is 5.60. The fraction of sp³-hybridized carbons (Fsp3) is 0.174. The van der Waals surface area contributed by atoms with Crippen LogP contribution in [0.5, 0.6) is 0 Å². The summed E-state index contributed by atoms with van der Waals surface area (Å²) in [5.41, 5.74) is 9.23. The highest BCUT2D eigenvalue weighted by molar-refractivity contribution is 6.16. The van der Waals surface area contributed by atoms with Crippen molar-refractivity contribution in [2.24, 2.45) is 5.73 Å². The van der Waals surface area contributed by atoms with Gasteiger partial charge in [-0.15, -0.1) is 0 Å². The van der Waals surface area contributed by atoms with Crippen LogP contribution in [0, 0.1) is 11.3 Å². The lowest BCUT2D eigenvalue weighted by atomic mass is 10.00. The Hall–Kier alpha value is -4.29. The number of nitriles is 1. The van der Waals surface area contributed by atoms with E-state index in [4.69, 9.17) is 15.7 Å². The number of ether oxygens (including phenoxy) is 1. The summed E-state index contributed by atoms with van der Waals surface area (Å²) in [5, 5.41) is 10.6. The molecule has 3 N–H and O–H groups in total. The van der Waals surface area contributed by atoms with E-state index in [1.807, 2.05) is 18.2 Å². The number of H-pyrrole nitrogens is 1. The second kappa shape index (κ2) is 7.76. The quantitative estimate of drug-likeness (QED) is 0.515. The van der Waals surface area contributed by atoms with E-state index in [1.165, 1.54) is 12.4 Å². The molecule has 158 valence electrons. The molecule has 2 amide bonds. The summed E-state index contributed by atoms with van der Waals surface area (Å²) in [5.74, 6) is -0.573. The van der Waals surface area contributed by atoms with E-state index in [9.17, 15) is 9.59 Å². The van der Waals surface area contributed by atoms with Gasteiger partial charge in [0.25, 0.3) is 11.8 Å². The zero-order valence-corrected chi connectivity index (χ0v) is 17.0. The van der Waals surface area contributed by atoms with Gasteiger partial charge in [-0.05, 0) is 29.8 Å². The minimum absolute atomic E-state index is 0.0561. The Labute approximate surface area is 182 Å². The largest absolute Gasteiger partial charge is 0.378 e. The molecule has 1 aliphatic heterocycles. The maximum absolute atomic E-state index is 12.9. The van der Waals surface area contributed by atoms with Crippen molar-refractivity contribution in [1.82, 2.24) is 19.9 Å². The molecule has 0 aliphatic carbocycles. The molecule has 4 aromatic rings. The molecule has 0 saturated carbocycles. The van der Waals surface area contributed by atoms with E-state index in [1.54, 1.807) is 23.1 Å². The van der Waals surface area contributed by atoms with Crippen molar-refractivity contribution in [1.29, 1.82) is 5.26 Å². The normalized spacial score (nSPS) is 13.9. The van der Waals surface area contributed by atoms with E-state index < -0.39 is 5.91 Å². The van der Waals surface area contributed by atoms with E-state index in [0.717, 1.165) is 16.3 Å². The number of carbonyl (C=O) groups excluding carboxylic acids is 2. The summed E-state index contributed by atoms with van der Waals surface area (Å²) < 4.78 is 5.32. The van der Waals surface area contributed by atoms with Crippen molar-refractivity contribution in [3.63, 3.8) is 0 Å². The molecule has 0 bridgehead atoms. The van der Waals surface area contributed by atoms with Gasteiger partial charge < -0.3 is 20.4 Å². The van der Waals surface area contributed by atoms with Gasteiger partial charge >= 0.3 is 0 Å². The number of nitrogens with two attached hydrogens (primary N) is 1. The number of primary amides is 1. The highest BCUT2D eigenvalue weighted by Gasteiger charge is 2.20. The van der Waals surface area contributed by atoms with Crippen molar-refractivity contribution < 1.29 is 14.3 Å². The highest BCUT2D eigenvalue weighted by Crippen LogP contribution is 2.33. The number of fused-ring (bicyclic) bond motifs is 3. The number of hydrogen-bond donors (Lipinski definition) is 2. The van der Waals surface area contributed by atoms with Crippen molar-refractivity contribution in [2.45, 2.75) is 0 Å². The van der Waals surface area contributed by atoms with Gasteiger partial charge in [0.15, 0.2) is 0 Å². The van der Waals surface area contributed by atoms with Crippen LogP contribution in [-0.2, 0) is 4.74 Å². The summed E-state index contributed by atoms with van der Waals surface area (Å²) in [6.07, 6.45) is 3.07. The van der Waals surface area contributed by atoms with Crippen molar-refractivity contribution >= 4 is 33.6 Å². The second-order valence-electron chi connectivity index (χ2n) is 7.51. The van der Waals surface area contributed by atoms with Crippen LogP contribution in [0.15, 0.2) is 42.7 Å². The summed E-state index contributed by atoms with van der Waals surface area (Å²) in [7, 11) is 0. The number of aromatic amines is 1. The topological polar surface area (TPSA) is 138 Å². The average Bonchev–Trinajstić information content (AvgIpc) is 3.21. The van der Waals surface area contributed by atoms with Crippen LogP contribution in [0.3, 0.4) is 0 Å². The Bertz CT molecular complexity index is 1410. The number of nitrogens with one attached hydrogen (secondary N) is 1. The third-order valence-electron chi connectivity index (χ3n) is 5.60. The van der Waals surface area contributed by atoms with Crippen LogP contribution in [0.1, 0.15) is 26.5 Å². The van der Waals surface area contributed by atoms with Gasteiger partial charge in [-0.25, -0.2) is 9.97 Å². The first kappa shape index (κ1) is 19.7. The second-order valence-corrected chi connectivity index (χ2v) is 7.51. The molecule has 9 nitrogen and oxygen atoms in total. The number of benzene rings is 2. The molecule has 0 radical (unpaired) electrons. The number of rotatable bonds is 3. The summed E-state index contributed by atoms with van der Waals surface area (Å²) in [4.78, 5) is 38.1. The van der Waals surface area contributed by atoms with Crippen molar-refractivity contribution in [3.05, 3.63) is 59.7 Å². The molecule has 2 aromatic carbocycles. The molecule has 32 heavy (non-hydrogen) atoms. The minimum atomic E-state index is -0.581. The van der Waals surface area contributed by atoms with Gasteiger partial charge in [-0.3, -0.25) is 9.59 Å². The minimum Gasteiger partial charge on any atom is -0.378 e. The summed E-state index contributed by atoms with van der Waals surface area (Å²) in [6.45, 7) is 2.19. The molecule has 0 unspecified atom stereocenters. The lowest BCUT2D eigenvalue weighted by molar-refractivity contribution is 0.0303. The van der Waals surface area contributed by atoms with Crippen LogP contribution in [0.25, 0.3) is 32.9 Å². The number of amides is 2. The first-order chi connectivity index (χ1) is 15.5. The van der Waals surface area contributed by atoms with Gasteiger partial charge in [-0.2, -0.15) is 5.26 Å². The van der Waals surface area contributed by atoms with Gasteiger partial charge in [0.1, 0.15) is 6.07 Å². The van der Waals surface area contributed by atoms with Crippen LogP contribution in [0.2, 0.25) is 0 Å². The maximum atomic E-state index is 12.9. The fourth-order valence-electron chi connectivity index (χ4n) is 3.98. The molecule has 1 aliphatic rings. The zero-order valence-electron chi connectivity index (χ0n) is 17.0. The van der Waals surface area contributed by atoms with Crippen LogP contribution >= 0.6 is 0 Å². The Morgan fingerprint density at radius 1 is 1.06 bits per heavy atom. The predicted molar refractivity (Wildman–Crippen MR) is 117 cm³/mol. The monoisotopic (exact) mass is 426 g/mol. The smallest absolute Gasteiger partial charge is 0.254 e. The molecule has 3 heterocycles. The first-order valence-electron chi connectivity index (χ1n) is 10.0. The number of nitrogens with zero attached hydrogens (tertiary/aromatic N) is 4. The Morgan fingerprint density at radius 2 is 1.81 bits per heavy atom. The first-order valence-corrected chi connectivity index (χ1v) is 10.0. The maximum Gasteiger partial charge on any atom is 0.254 e. The van der Waals surface area contributed by atoms with E-state index >= 15 is 0 Å². The summed E-state index contributed by atoms with van der Waals surface area (Å²) >= 11 is 0. The Morgan fingerprint density at radius 3 is 2.50 bits per heavy atom. The third kappa shape index (κ3) is 3.33. The molecule has 9 heteroatoms. The van der Waals surface area contributed by atoms with E-state index in [2.05, 4.69) is 15.0 Å². The SMILES string of the molecule is N#Cc1ncc(-c2cc(C(N)=O)c3[nH]c4cc(C(=O)N5CCOCC5)ccc4c3c2)cn1. The van der Waals surface area contributed by atoms with E-state index in [0.29, 0.717) is 54.1 Å². The standard InChI is InChI=1S/C23H18N6O3/c24-10-20-26-11-15(12-27-20)14-7-17-16-2-1-13(23(31)29-3-5-32-6-4-29)9-19(16)28-21(17)18(8-14)22(25)30/h1-2,7-9,11-12,28H,3-6H2,(H2,25,30). The van der Waals surface area contributed by atoms with Gasteiger partial charge in [0.05, 0.1) is 24.3 Å². The van der Waals surface area contributed by atoms with Crippen LogP contribution < -0.4 is 5.73 Å². The molecule has 1 saturated heterocycles. The molecular formula is C23H18N6O3. The van der Waals surface area contributed by atoms with Crippen LogP contribution in [-0.4, -0.2) is 58.0 Å². The fourth-order valence-corrected chi connectivity index (χ4v) is 3.98. The molecular weight excluding hydrogens is 408 g/mol. The predicted octanol–water partition coefficient (Wildman–Crippen LogP) is 2.22. The van der Waals surface area contributed by atoms with Gasteiger partial charge in [0, 0.05) is 52.9 Å². The highest BCUT2D eigenvalue weighted by atomic mass is 16.5. The van der Waals surface area contributed by atoms with Crippen molar-refractivity contribution in [2.75, 3.05) is 26.3 Å². The number of carbonyl (C=O) groups is 2. The van der Waals surface area contributed by atoms with Crippen molar-refractivity contribution in [3.8, 4) is 17.2 Å². The van der Waals surface area contributed by atoms with Gasteiger partial charge in [-0.1, -0.05) is 6.07 Å². The van der Waals surface area contributed by atoms with E-state index in [-0.39, 0.29) is 11.7 Å². The van der Waals surface area contributed by atoms with Gasteiger partial charge in [0.2, 0.25) is 5.82 Å². The Kier molecular flexibility index (Phi) is 4.77. The number of morpholine rings is 1.